The van der Waals surface area contributed by atoms with E-state index in [1.165, 1.54) is 0 Å². The molecule has 5 nitrogen and oxygen atoms in total. The van der Waals surface area contributed by atoms with Gasteiger partial charge in [0.2, 0.25) is 10.0 Å². The van der Waals surface area contributed by atoms with Crippen molar-refractivity contribution in [2.45, 2.75) is 24.6 Å². The van der Waals surface area contributed by atoms with E-state index in [1.807, 2.05) is 13.8 Å². The largest absolute Gasteiger partial charge is 0.355 e. The number of nitrogens with zero attached hydrogens (tertiary/aromatic N) is 1. The number of benzene rings is 1. The molecule has 3 rings (SSSR count). The smallest absolute Gasteiger partial charge is 0.250 e. The Bertz CT molecular complexity index is 960. The summed E-state index contributed by atoms with van der Waals surface area (Å²) in [4.78, 5) is 0.736. The molecule has 0 spiro atoms. The molecule has 0 radical (unpaired) electrons. The molecule has 24 heavy (non-hydrogen) atoms. The van der Waals surface area contributed by atoms with Gasteiger partial charge in [0.15, 0.2) is 5.76 Å². The van der Waals surface area contributed by atoms with E-state index in [4.69, 9.17) is 16.1 Å². The van der Waals surface area contributed by atoms with Gasteiger partial charge in [0.25, 0.3) is 0 Å². The maximum atomic E-state index is 12.4. The predicted octanol–water partition coefficient (Wildman–Crippen LogP) is 4.15. The quantitative estimate of drug-likeness (QED) is 0.719. The first-order valence-corrected chi connectivity index (χ1v) is 9.82. The Labute approximate surface area is 149 Å². The molecular formula is C16H15ClN2O3S2. The number of nitrogens with one attached hydrogen (secondary N) is 1. The van der Waals surface area contributed by atoms with Crippen molar-refractivity contribution >= 4 is 33.0 Å². The molecule has 0 aliphatic carbocycles. The average molecular weight is 383 g/mol. The molecule has 0 saturated heterocycles. The molecule has 3 aromatic rings. The number of aryl methyl sites for hydroxylation is 1. The highest BCUT2D eigenvalue weighted by molar-refractivity contribution is 7.91. The zero-order valence-corrected chi connectivity index (χ0v) is 15.4. The molecule has 0 saturated carbocycles. The lowest BCUT2D eigenvalue weighted by Gasteiger charge is -2.05. The normalized spacial score (nSPS) is 11.8. The van der Waals surface area contributed by atoms with Gasteiger partial charge in [0.1, 0.15) is 4.21 Å². The van der Waals surface area contributed by atoms with Gasteiger partial charge >= 0.3 is 0 Å². The minimum atomic E-state index is -3.59. The van der Waals surface area contributed by atoms with Gasteiger partial charge in [-0.15, -0.1) is 11.3 Å². The number of hydrogen-bond donors (Lipinski definition) is 1. The second-order valence-electron chi connectivity index (χ2n) is 5.29. The Morgan fingerprint density at radius 2 is 1.88 bits per heavy atom. The Hall–Kier alpha value is -1.67. The lowest BCUT2D eigenvalue weighted by Crippen LogP contribution is -2.22. The van der Waals surface area contributed by atoms with E-state index in [9.17, 15) is 8.42 Å². The Balaban J connectivity index is 1.78. The fraction of sp³-hybridized carbons (Fsp3) is 0.188. The van der Waals surface area contributed by atoms with Crippen molar-refractivity contribution in [1.29, 1.82) is 0 Å². The lowest BCUT2D eigenvalue weighted by molar-refractivity contribution is 0.427. The van der Waals surface area contributed by atoms with Gasteiger partial charge in [-0.05, 0) is 43.7 Å². The molecule has 2 heterocycles. The van der Waals surface area contributed by atoms with E-state index in [0.717, 1.165) is 33.0 Å². The zero-order chi connectivity index (χ0) is 17.3. The molecule has 2 aromatic heterocycles. The van der Waals surface area contributed by atoms with Gasteiger partial charge in [-0.1, -0.05) is 28.9 Å². The monoisotopic (exact) mass is 382 g/mol. The SMILES string of the molecule is Cc1noc(-c2ccc(S(=O)(=O)NCc3ccc(Cl)cc3)s2)c1C. The predicted molar refractivity (Wildman–Crippen MR) is 94.8 cm³/mol. The van der Waals surface area contributed by atoms with Gasteiger partial charge in [-0.25, -0.2) is 13.1 Å². The van der Waals surface area contributed by atoms with Gasteiger partial charge in [-0.3, -0.25) is 0 Å². The molecule has 0 bridgehead atoms. The molecule has 0 aliphatic rings. The van der Waals surface area contributed by atoms with Gasteiger partial charge < -0.3 is 4.52 Å². The summed E-state index contributed by atoms with van der Waals surface area (Å²) in [6.45, 7) is 3.95. The summed E-state index contributed by atoms with van der Waals surface area (Å²) >= 11 is 6.97. The van der Waals surface area contributed by atoms with Crippen molar-refractivity contribution in [3.05, 3.63) is 58.2 Å². The Morgan fingerprint density at radius 3 is 2.50 bits per heavy atom. The van der Waals surface area contributed by atoms with Crippen molar-refractivity contribution in [2.75, 3.05) is 0 Å². The third kappa shape index (κ3) is 3.54. The fourth-order valence-electron chi connectivity index (χ4n) is 2.08. The zero-order valence-electron chi connectivity index (χ0n) is 13.0. The minimum Gasteiger partial charge on any atom is -0.355 e. The van der Waals surface area contributed by atoms with E-state index < -0.39 is 10.0 Å². The van der Waals surface area contributed by atoms with E-state index in [2.05, 4.69) is 9.88 Å². The molecule has 0 amide bonds. The van der Waals surface area contributed by atoms with E-state index in [-0.39, 0.29) is 10.8 Å². The van der Waals surface area contributed by atoms with Crippen LogP contribution in [0.1, 0.15) is 16.8 Å². The van der Waals surface area contributed by atoms with E-state index >= 15 is 0 Å². The van der Waals surface area contributed by atoms with Crippen LogP contribution in [0, 0.1) is 13.8 Å². The molecule has 8 heteroatoms. The molecular weight excluding hydrogens is 368 g/mol. The summed E-state index contributed by atoms with van der Waals surface area (Å²) in [6.07, 6.45) is 0. The van der Waals surface area contributed by atoms with Crippen LogP contribution >= 0.6 is 22.9 Å². The Morgan fingerprint density at radius 1 is 1.17 bits per heavy atom. The van der Waals surface area contributed by atoms with Crippen molar-refractivity contribution in [3.63, 3.8) is 0 Å². The average Bonchev–Trinajstić information content (AvgIpc) is 3.16. The number of thiophene rings is 1. The van der Waals surface area contributed by atoms with Crippen LogP contribution < -0.4 is 4.72 Å². The van der Waals surface area contributed by atoms with Crippen molar-refractivity contribution in [2.24, 2.45) is 0 Å². The summed E-state index contributed by atoms with van der Waals surface area (Å²) in [5, 5.41) is 4.52. The first-order chi connectivity index (χ1) is 11.4. The molecule has 0 unspecified atom stereocenters. The van der Waals surface area contributed by atoms with Crippen LogP contribution in [0.25, 0.3) is 10.6 Å². The van der Waals surface area contributed by atoms with E-state index in [1.54, 1.807) is 36.4 Å². The van der Waals surface area contributed by atoms with Crippen LogP contribution in [0.5, 0.6) is 0 Å². The summed E-state index contributed by atoms with van der Waals surface area (Å²) < 4.78 is 33.0. The third-order valence-electron chi connectivity index (χ3n) is 3.61. The maximum absolute atomic E-state index is 12.4. The summed E-state index contributed by atoms with van der Waals surface area (Å²) in [7, 11) is -3.59. The van der Waals surface area contributed by atoms with Crippen LogP contribution in [-0.4, -0.2) is 13.6 Å². The molecule has 126 valence electrons. The molecule has 1 N–H and O–H groups in total. The molecule has 0 atom stereocenters. The summed E-state index contributed by atoms with van der Waals surface area (Å²) in [5.41, 5.74) is 2.54. The number of rotatable bonds is 5. The number of aromatic nitrogens is 1. The van der Waals surface area contributed by atoms with Gasteiger partial charge in [0, 0.05) is 17.1 Å². The molecule has 0 fully saturated rings. The van der Waals surface area contributed by atoms with Crippen LogP contribution in [0.2, 0.25) is 5.02 Å². The number of sulfonamides is 1. The topological polar surface area (TPSA) is 72.2 Å². The molecule has 0 aliphatic heterocycles. The summed E-state index contributed by atoms with van der Waals surface area (Å²) in [6, 6.07) is 10.3. The van der Waals surface area contributed by atoms with Gasteiger partial charge in [-0.2, -0.15) is 0 Å². The van der Waals surface area contributed by atoms with Crippen LogP contribution in [0.3, 0.4) is 0 Å². The maximum Gasteiger partial charge on any atom is 0.250 e. The van der Waals surface area contributed by atoms with Crippen molar-refractivity contribution in [1.82, 2.24) is 9.88 Å². The Kier molecular flexibility index (Phi) is 4.78. The fourth-order valence-corrected chi connectivity index (χ4v) is 4.61. The van der Waals surface area contributed by atoms with Crippen LogP contribution in [0.4, 0.5) is 0 Å². The highest BCUT2D eigenvalue weighted by atomic mass is 35.5. The van der Waals surface area contributed by atoms with Crippen LogP contribution in [-0.2, 0) is 16.6 Å². The second-order valence-corrected chi connectivity index (χ2v) is 8.81. The minimum absolute atomic E-state index is 0.202. The van der Waals surface area contributed by atoms with Crippen molar-refractivity contribution in [3.8, 4) is 10.6 Å². The second kappa shape index (κ2) is 6.68. The summed E-state index contributed by atoms with van der Waals surface area (Å²) in [5.74, 6) is 0.608. The highest BCUT2D eigenvalue weighted by Gasteiger charge is 2.20. The number of hydrogen-bond acceptors (Lipinski definition) is 5. The van der Waals surface area contributed by atoms with Crippen LogP contribution in [0.15, 0.2) is 45.1 Å². The van der Waals surface area contributed by atoms with E-state index in [0.29, 0.717) is 10.8 Å². The standard InChI is InChI=1S/C16H15ClN2O3S2/c1-10-11(2)19-22-16(10)14-7-8-15(23-14)24(20,21)18-9-12-3-5-13(17)6-4-12/h3-8,18H,9H2,1-2H3. The highest BCUT2D eigenvalue weighted by Crippen LogP contribution is 2.33. The van der Waals surface area contributed by atoms with Crippen molar-refractivity contribution < 1.29 is 12.9 Å². The lowest BCUT2D eigenvalue weighted by atomic mass is 10.2. The number of halogens is 1. The first kappa shape index (κ1) is 17.2. The van der Waals surface area contributed by atoms with Gasteiger partial charge in [0.05, 0.1) is 10.6 Å². The molecule has 1 aromatic carbocycles. The first-order valence-electron chi connectivity index (χ1n) is 7.14. The third-order valence-corrected chi connectivity index (χ3v) is 6.84.